The number of halogens is 2. The second-order valence-electron chi connectivity index (χ2n) is 5.99. The van der Waals surface area contributed by atoms with E-state index in [9.17, 15) is 0 Å². The lowest BCUT2D eigenvalue weighted by Crippen LogP contribution is -2.33. The fourth-order valence-corrected chi connectivity index (χ4v) is 6.53. The quantitative estimate of drug-likeness (QED) is 0.644. The predicted molar refractivity (Wildman–Crippen MR) is 91.8 cm³/mol. The monoisotopic (exact) mass is 407 g/mol. The minimum absolute atomic E-state index is 0.493. The summed E-state index contributed by atoms with van der Waals surface area (Å²) in [5.74, 6) is 2.48. The zero-order chi connectivity index (χ0) is 14.0. The zero-order valence-corrected chi connectivity index (χ0v) is 15.9. The van der Waals surface area contributed by atoms with E-state index in [1.165, 1.54) is 32.4 Å². The Hall–Kier alpha value is 0.620. The highest BCUT2D eigenvalue weighted by atomic mass is 79.9. The van der Waals surface area contributed by atoms with Gasteiger partial charge < -0.3 is 5.32 Å². The molecule has 108 valence electrons. The van der Waals surface area contributed by atoms with Gasteiger partial charge in [-0.05, 0) is 87.1 Å². The molecule has 1 aromatic rings. The molecule has 0 saturated heterocycles. The first-order valence-electron chi connectivity index (χ1n) is 7.19. The fourth-order valence-electron chi connectivity index (χ4n) is 3.60. The smallest absolute Gasteiger partial charge is 0.0758 e. The minimum atomic E-state index is 0.493. The average molecular weight is 409 g/mol. The highest BCUT2D eigenvalue weighted by molar-refractivity contribution is 9.12. The van der Waals surface area contributed by atoms with E-state index in [2.05, 4.69) is 64.0 Å². The molecule has 1 heterocycles. The molecule has 0 bridgehead atoms. The molecule has 1 nitrogen and oxygen atoms in total. The maximum atomic E-state index is 3.73. The lowest BCUT2D eigenvalue weighted by atomic mass is 9.72. The van der Waals surface area contributed by atoms with Crippen LogP contribution in [-0.4, -0.2) is 6.54 Å². The molecule has 1 N–H and O–H groups in total. The average Bonchev–Trinajstić information content (AvgIpc) is 2.64. The van der Waals surface area contributed by atoms with Crippen LogP contribution >= 0.6 is 43.2 Å². The van der Waals surface area contributed by atoms with Gasteiger partial charge in [-0.2, -0.15) is 0 Å². The lowest BCUT2D eigenvalue weighted by Gasteiger charge is -2.37. The van der Waals surface area contributed by atoms with Gasteiger partial charge in [0, 0.05) is 6.04 Å². The van der Waals surface area contributed by atoms with Crippen molar-refractivity contribution in [3.8, 4) is 0 Å². The molecule has 1 aliphatic carbocycles. The topological polar surface area (TPSA) is 12.0 Å². The van der Waals surface area contributed by atoms with Gasteiger partial charge in [0.15, 0.2) is 0 Å². The van der Waals surface area contributed by atoms with Gasteiger partial charge in [0.2, 0.25) is 0 Å². The Morgan fingerprint density at radius 1 is 1.26 bits per heavy atom. The molecule has 4 heteroatoms. The molecule has 0 spiro atoms. The van der Waals surface area contributed by atoms with Crippen LogP contribution in [0.25, 0.3) is 0 Å². The molecular weight excluding hydrogens is 386 g/mol. The summed E-state index contributed by atoms with van der Waals surface area (Å²) in [7, 11) is 0. The van der Waals surface area contributed by atoms with Crippen molar-refractivity contribution in [1.82, 2.24) is 5.32 Å². The van der Waals surface area contributed by atoms with Crippen molar-refractivity contribution in [3.05, 3.63) is 19.2 Å². The molecule has 1 aliphatic rings. The van der Waals surface area contributed by atoms with E-state index in [0.717, 1.165) is 24.3 Å². The molecule has 1 aromatic heterocycles. The second-order valence-corrected chi connectivity index (χ2v) is 9.74. The number of nitrogens with one attached hydrogen (secondary N) is 1. The van der Waals surface area contributed by atoms with Crippen molar-refractivity contribution < 1.29 is 0 Å². The third-order valence-corrected chi connectivity index (χ3v) is 6.51. The summed E-state index contributed by atoms with van der Waals surface area (Å²) < 4.78 is 2.49. The molecule has 19 heavy (non-hydrogen) atoms. The molecule has 0 amide bonds. The number of rotatable bonds is 4. The molecule has 1 fully saturated rings. The molecule has 0 radical (unpaired) electrons. The number of hydrogen-bond donors (Lipinski definition) is 1. The van der Waals surface area contributed by atoms with E-state index < -0.39 is 0 Å². The van der Waals surface area contributed by atoms with Crippen LogP contribution in [0.3, 0.4) is 0 Å². The van der Waals surface area contributed by atoms with Gasteiger partial charge in [-0.15, -0.1) is 11.3 Å². The molecule has 3 atom stereocenters. The summed E-state index contributed by atoms with van der Waals surface area (Å²) in [6, 6.07) is 2.78. The van der Waals surface area contributed by atoms with Crippen LogP contribution in [-0.2, 0) is 0 Å². The summed E-state index contributed by atoms with van der Waals surface area (Å²) in [5.41, 5.74) is 1.44. The summed E-state index contributed by atoms with van der Waals surface area (Å²) >= 11 is 9.13. The van der Waals surface area contributed by atoms with Crippen LogP contribution in [0.2, 0.25) is 0 Å². The Balaban J connectivity index is 2.22. The SMILES string of the molecule is CCNC(c1cc(Br)sc1Br)C1CC(C)CC(C)C1. The van der Waals surface area contributed by atoms with Crippen molar-refractivity contribution in [2.75, 3.05) is 6.54 Å². The Bertz CT molecular complexity index is 408. The molecule has 3 unspecified atom stereocenters. The Kier molecular flexibility index (Phi) is 5.94. The highest BCUT2D eigenvalue weighted by Crippen LogP contribution is 2.44. The maximum Gasteiger partial charge on any atom is 0.0758 e. The molecule has 0 aliphatic heterocycles. The van der Waals surface area contributed by atoms with Crippen LogP contribution in [0, 0.1) is 17.8 Å². The van der Waals surface area contributed by atoms with E-state index in [1.54, 1.807) is 11.3 Å². The first-order valence-corrected chi connectivity index (χ1v) is 9.59. The van der Waals surface area contributed by atoms with Gasteiger partial charge in [0.05, 0.1) is 7.57 Å². The molecule has 1 saturated carbocycles. The van der Waals surface area contributed by atoms with E-state index in [4.69, 9.17) is 0 Å². The number of hydrogen-bond acceptors (Lipinski definition) is 2. The van der Waals surface area contributed by atoms with Gasteiger partial charge in [0.1, 0.15) is 0 Å². The van der Waals surface area contributed by atoms with Crippen molar-refractivity contribution in [1.29, 1.82) is 0 Å². The highest BCUT2D eigenvalue weighted by Gasteiger charge is 2.32. The molecular formula is C15H23Br2NS. The number of thiophene rings is 1. The Morgan fingerprint density at radius 3 is 2.37 bits per heavy atom. The van der Waals surface area contributed by atoms with E-state index in [1.807, 2.05) is 0 Å². The van der Waals surface area contributed by atoms with Crippen LogP contribution in [0.5, 0.6) is 0 Å². The molecule has 0 aromatic carbocycles. The summed E-state index contributed by atoms with van der Waals surface area (Å²) in [6.07, 6.45) is 4.09. The van der Waals surface area contributed by atoms with E-state index in [-0.39, 0.29) is 0 Å². The Morgan fingerprint density at radius 2 is 1.89 bits per heavy atom. The largest absolute Gasteiger partial charge is 0.310 e. The third-order valence-electron chi connectivity index (χ3n) is 4.13. The first-order chi connectivity index (χ1) is 9.01. The van der Waals surface area contributed by atoms with E-state index >= 15 is 0 Å². The van der Waals surface area contributed by atoms with Crippen LogP contribution in [0.15, 0.2) is 13.6 Å². The van der Waals surface area contributed by atoms with Crippen molar-refractivity contribution in [3.63, 3.8) is 0 Å². The van der Waals surface area contributed by atoms with Gasteiger partial charge in [-0.3, -0.25) is 0 Å². The lowest BCUT2D eigenvalue weighted by molar-refractivity contribution is 0.177. The standard InChI is InChI=1S/C15H23Br2NS/c1-4-18-14(12-8-13(16)19-15(12)17)11-6-9(2)5-10(3)7-11/h8-11,14,18H,4-7H2,1-3H3. The van der Waals surface area contributed by atoms with Crippen molar-refractivity contribution >= 4 is 43.2 Å². The van der Waals surface area contributed by atoms with Gasteiger partial charge in [0.25, 0.3) is 0 Å². The van der Waals surface area contributed by atoms with Crippen molar-refractivity contribution in [2.45, 2.75) is 46.1 Å². The van der Waals surface area contributed by atoms with Crippen LogP contribution in [0.1, 0.15) is 51.6 Å². The van der Waals surface area contributed by atoms with Gasteiger partial charge in [-0.25, -0.2) is 0 Å². The maximum absolute atomic E-state index is 3.73. The Labute approximate surface area is 137 Å². The van der Waals surface area contributed by atoms with Gasteiger partial charge in [-0.1, -0.05) is 20.8 Å². The fraction of sp³-hybridized carbons (Fsp3) is 0.733. The summed E-state index contributed by atoms with van der Waals surface area (Å²) in [5, 5.41) is 3.72. The predicted octanol–water partition coefficient (Wildman–Crippen LogP) is 6.00. The second kappa shape index (κ2) is 7.06. The zero-order valence-electron chi connectivity index (χ0n) is 11.9. The minimum Gasteiger partial charge on any atom is -0.310 e. The normalized spacial score (nSPS) is 29.4. The summed E-state index contributed by atoms with van der Waals surface area (Å²) in [4.78, 5) is 0. The first kappa shape index (κ1) is 16.0. The van der Waals surface area contributed by atoms with E-state index in [0.29, 0.717) is 6.04 Å². The molecule has 2 rings (SSSR count). The summed E-state index contributed by atoms with van der Waals surface area (Å²) in [6.45, 7) is 8.05. The van der Waals surface area contributed by atoms with Crippen LogP contribution < -0.4 is 5.32 Å². The van der Waals surface area contributed by atoms with Crippen molar-refractivity contribution in [2.24, 2.45) is 17.8 Å². The van der Waals surface area contributed by atoms with Crippen LogP contribution in [0.4, 0.5) is 0 Å². The third kappa shape index (κ3) is 4.05. The van der Waals surface area contributed by atoms with Gasteiger partial charge >= 0.3 is 0 Å².